The first-order valence-corrected chi connectivity index (χ1v) is 8.05. The van der Waals surface area contributed by atoms with Gasteiger partial charge in [0.05, 0.1) is 16.5 Å². The Labute approximate surface area is 127 Å². The molecule has 0 spiro atoms. The number of rotatable bonds is 3. The molecule has 1 aromatic heterocycles. The van der Waals surface area contributed by atoms with Crippen molar-refractivity contribution in [3.05, 3.63) is 70.6 Å². The Balaban J connectivity index is 2.00. The van der Waals surface area contributed by atoms with E-state index in [2.05, 4.69) is 4.72 Å². The largest absolute Gasteiger partial charge is 0.464 e. The van der Waals surface area contributed by atoms with Crippen molar-refractivity contribution >= 4 is 26.7 Å². The molecule has 0 amide bonds. The van der Waals surface area contributed by atoms with Crippen molar-refractivity contribution in [3.63, 3.8) is 0 Å². The van der Waals surface area contributed by atoms with Crippen LogP contribution < -0.4 is 10.2 Å². The van der Waals surface area contributed by atoms with E-state index in [1.165, 1.54) is 30.5 Å². The summed E-state index contributed by atoms with van der Waals surface area (Å²) < 4.78 is 32.3. The van der Waals surface area contributed by atoms with Crippen molar-refractivity contribution in [1.29, 1.82) is 0 Å². The predicted molar refractivity (Wildman–Crippen MR) is 84.5 cm³/mol. The van der Waals surface area contributed by atoms with Gasteiger partial charge in [-0.25, -0.2) is 8.42 Å². The van der Waals surface area contributed by atoms with Crippen molar-refractivity contribution in [1.82, 2.24) is 0 Å². The maximum absolute atomic E-state index is 12.3. The molecule has 6 heteroatoms. The van der Waals surface area contributed by atoms with Gasteiger partial charge in [0.25, 0.3) is 10.0 Å². The topological polar surface area (TPSA) is 76.4 Å². The number of nitrogens with one attached hydrogen (secondary N) is 1. The van der Waals surface area contributed by atoms with Crippen molar-refractivity contribution in [2.45, 2.75) is 11.8 Å². The van der Waals surface area contributed by atoms with E-state index in [0.29, 0.717) is 16.7 Å². The standard InChI is InChI=1S/C16H13NO4S/c1-11-2-5-13(6-3-11)22(19,20)17-12-4-7-16-14(10-12)15(18)8-9-21-16/h2-10,17H,1H3. The molecule has 0 aliphatic heterocycles. The lowest BCUT2D eigenvalue weighted by atomic mass is 10.2. The fourth-order valence-electron chi connectivity index (χ4n) is 2.08. The number of hydrogen-bond acceptors (Lipinski definition) is 4. The third-order valence-electron chi connectivity index (χ3n) is 3.24. The van der Waals surface area contributed by atoms with E-state index in [4.69, 9.17) is 4.42 Å². The number of aryl methyl sites for hydroxylation is 1. The van der Waals surface area contributed by atoms with Crippen molar-refractivity contribution in [3.8, 4) is 0 Å². The van der Waals surface area contributed by atoms with Gasteiger partial charge in [0.15, 0.2) is 5.43 Å². The third-order valence-corrected chi connectivity index (χ3v) is 4.64. The summed E-state index contributed by atoms with van der Waals surface area (Å²) in [6.45, 7) is 1.88. The summed E-state index contributed by atoms with van der Waals surface area (Å²) in [6, 6.07) is 12.4. The molecule has 0 saturated heterocycles. The fraction of sp³-hybridized carbons (Fsp3) is 0.0625. The van der Waals surface area contributed by atoms with Gasteiger partial charge in [0, 0.05) is 11.8 Å². The van der Waals surface area contributed by atoms with Crippen molar-refractivity contribution in [2.75, 3.05) is 4.72 Å². The molecule has 0 bridgehead atoms. The van der Waals surface area contributed by atoms with Crippen LogP contribution in [0.4, 0.5) is 5.69 Å². The van der Waals surface area contributed by atoms with E-state index in [1.807, 2.05) is 6.92 Å². The first-order chi connectivity index (χ1) is 10.5. The molecule has 0 saturated carbocycles. The summed E-state index contributed by atoms with van der Waals surface area (Å²) in [5.41, 5.74) is 1.47. The molecule has 0 aliphatic rings. The molecule has 0 fully saturated rings. The average molecular weight is 315 g/mol. The van der Waals surface area contributed by atoms with Gasteiger partial charge >= 0.3 is 0 Å². The molecule has 0 radical (unpaired) electrons. The lowest BCUT2D eigenvalue weighted by Crippen LogP contribution is -2.13. The molecule has 3 aromatic rings. The second-order valence-corrected chi connectivity index (χ2v) is 6.60. The minimum atomic E-state index is -3.69. The van der Waals surface area contributed by atoms with Crippen molar-refractivity contribution in [2.24, 2.45) is 0 Å². The van der Waals surface area contributed by atoms with E-state index in [1.54, 1.807) is 24.3 Å². The second kappa shape index (κ2) is 5.31. The maximum atomic E-state index is 12.3. The lowest BCUT2D eigenvalue weighted by molar-refractivity contribution is 0.600. The zero-order valence-corrected chi connectivity index (χ0v) is 12.6. The van der Waals surface area contributed by atoms with Gasteiger partial charge in [-0.3, -0.25) is 9.52 Å². The zero-order valence-electron chi connectivity index (χ0n) is 11.7. The molecular weight excluding hydrogens is 302 g/mol. The normalized spacial score (nSPS) is 11.5. The highest BCUT2D eigenvalue weighted by Crippen LogP contribution is 2.20. The van der Waals surface area contributed by atoms with Gasteiger partial charge in [-0.2, -0.15) is 0 Å². The summed E-state index contributed by atoms with van der Waals surface area (Å²) in [5.74, 6) is 0. The van der Waals surface area contributed by atoms with Crippen LogP contribution in [0.15, 0.2) is 68.9 Å². The molecule has 5 nitrogen and oxygen atoms in total. The summed E-state index contributed by atoms with van der Waals surface area (Å²) in [4.78, 5) is 11.9. The first kappa shape index (κ1) is 14.3. The van der Waals surface area contributed by atoms with Gasteiger partial charge in [0.1, 0.15) is 5.58 Å². The van der Waals surface area contributed by atoms with Crippen LogP contribution in [0, 0.1) is 6.92 Å². The van der Waals surface area contributed by atoms with Crippen LogP contribution in [0.3, 0.4) is 0 Å². The van der Waals surface area contributed by atoms with E-state index in [9.17, 15) is 13.2 Å². The molecule has 22 heavy (non-hydrogen) atoms. The number of benzene rings is 2. The third kappa shape index (κ3) is 2.73. The Morgan fingerprint density at radius 1 is 1.00 bits per heavy atom. The van der Waals surface area contributed by atoms with Gasteiger partial charge in [-0.05, 0) is 37.3 Å². The van der Waals surface area contributed by atoms with Gasteiger partial charge in [-0.15, -0.1) is 0 Å². The summed E-state index contributed by atoms with van der Waals surface area (Å²) >= 11 is 0. The van der Waals surface area contributed by atoms with Crippen LogP contribution in [-0.2, 0) is 10.0 Å². The number of fused-ring (bicyclic) bond motifs is 1. The van der Waals surface area contributed by atoms with Gasteiger partial charge < -0.3 is 4.42 Å². The van der Waals surface area contributed by atoms with Crippen LogP contribution >= 0.6 is 0 Å². The molecule has 1 heterocycles. The Bertz CT molecular complexity index is 989. The van der Waals surface area contributed by atoms with Crippen LogP contribution in [0.1, 0.15) is 5.56 Å². The minimum absolute atomic E-state index is 0.165. The SMILES string of the molecule is Cc1ccc(S(=O)(=O)Nc2ccc3occc(=O)c3c2)cc1. The Kier molecular flexibility index (Phi) is 3.46. The lowest BCUT2D eigenvalue weighted by Gasteiger charge is -2.08. The van der Waals surface area contributed by atoms with Gasteiger partial charge in [0.2, 0.25) is 0 Å². The Morgan fingerprint density at radius 3 is 2.45 bits per heavy atom. The highest BCUT2D eigenvalue weighted by atomic mass is 32.2. The fourth-order valence-corrected chi connectivity index (χ4v) is 3.13. The van der Waals surface area contributed by atoms with Crippen LogP contribution in [0.2, 0.25) is 0 Å². The number of hydrogen-bond donors (Lipinski definition) is 1. The summed E-state index contributed by atoms with van der Waals surface area (Å²) in [6.07, 6.45) is 1.31. The number of sulfonamides is 1. The van der Waals surface area contributed by atoms with E-state index in [0.717, 1.165) is 5.56 Å². The molecular formula is C16H13NO4S. The van der Waals surface area contributed by atoms with E-state index in [-0.39, 0.29) is 10.3 Å². The molecule has 2 aromatic carbocycles. The molecule has 0 unspecified atom stereocenters. The molecule has 112 valence electrons. The van der Waals surface area contributed by atoms with Crippen LogP contribution in [-0.4, -0.2) is 8.42 Å². The zero-order chi connectivity index (χ0) is 15.7. The highest BCUT2D eigenvalue weighted by Gasteiger charge is 2.14. The Hall–Kier alpha value is -2.60. The number of anilines is 1. The predicted octanol–water partition coefficient (Wildman–Crippen LogP) is 2.90. The van der Waals surface area contributed by atoms with E-state index >= 15 is 0 Å². The maximum Gasteiger partial charge on any atom is 0.261 e. The first-order valence-electron chi connectivity index (χ1n) is 6.57. The smallest absolute Gasteiger partial charge is 0.261 e. The highest BCUT2D eigenvalue weighted by molar-refractivity contribution is 7.92. The van der Waals surface area contributed by atoms with Crippen LogP contribution in [0.5, 0.6) is 0 Å². The molecule has 1 N–H and O–H groups in total. The Morgan fingerprint density at radius 2 is 1.73 bits per heavy atom. The second-order valence-electron chi connectivity index (χ2n) is 4.91. The average Bonchev–Trinajstić information content (AvgIpc) is 2.48. The summed E-state index contributed by atoms with van der Waals surface area (Å²) in [5, 5.41) is 0.326. The quantitative estimate of drug-likeness (QED) is 0.806. The molecule has 0 aliphatic carbocycles. The van der Waals surface area contributed by atoms with Crippen LogP contribution in [0.25, 0.3) is 11.0 Å². The molecule has 0 atom stereocenters. The van der Waals surface area contributed by atoms with E-state index < -0.39 is 10.0 Å². The summed E-state index contributed by atoms with van der Waals surface area (Å²) in [7, 11) is -3.69. The molecule has 3 rings (SSSR count). The van der Waals surface area contributed by atoms with Gasteiger partial charge in [-0.1, -0.05) is 17.7 Å². The van der Waals surface area contributed by atoms with Crippen molar-refractivity contribution < 1.29 is 12.8 Å². The monoisotopic (exact) mass is 315 g/mol. The minimum Gasteiger partial charge on any atom is -0.464 e.